The number of benzene rings is 1. The molecule has 1 heterocycles. The van der Waals surface area contributed by atoms with Crippen molar-refractivity contribution in [1.29, 1.82) is 0 Å². The van der Waals surface area contributed by atoms with Crippen LogP contribution >= 0.6 is 0 Å². The maximum atomic E-state index is 13.8. The number of methoxy groups -OCH3 is 1. The number of esters is 1. The van der Waals surface area contributed by atoms with E-state index in [-0.39, 0.29) is 11.5 Å². The topological polar surface area (TPSA) is 79.1 Å². The van der Waals surface area contributed by atoms with Gasteiger partial charge in [-0.05, 0) is 35.6 Å². The van der Waals surface area contributed by atoms with Gasteiger partial charge in [-0.15, -0.1) is 10.2 Å². The summed E-state index contributed by atoms with van der Waals surface area (Å²) in [5, 5.41) is 11.5. The van der Waals surface area contributed by atoms with Gasteiger partial charge in [0.25, 0.3) is 0 Å². The predicted octanol–water partition coefficient (Wildman–Crippen LogP) is 2.34. The van der Waals surface area contributed by atoms with E-state index < -0.39 is 11.8 Å². The fourth-order valence-electron chi connectivity index (χ4n) is 2.48. The molecule has 0 radical (unpaired) electrons. The lowest BCUT2D eigenvalue weighted by Gasteiger charge is -2.17. The summed E-state index contributed by atoms with van der Waals surface area (Å²) in [4.78, 5) is 12.9. The molecule has 0 saturated heterocycles. The minimum Gasteiger partial charge on any atom is -0.493 e. The molecule has 0 N–H and O–H groups in total. The zero-order valence-corrected chi connectivity index (χ0v) is 14.0. The molecule has 1 aromatic heterocycles. The van der Waals surface area contributed by atoms with Crippen LogP contribution in [0.2, 0.25) is 0 Å². The average molecular weight is 336 g/mol. The number of carbonyl (C=O) groups is 1. The Morgan fingerprint density at radius 2 is 2.12 bits per heavy atom. The third-order valence-corrected chi connectivity index (χ3v) is 3.55. The molecule has 7 nitrogen and oxygen atoms in total. The van der Waals surface area contributed by atoms with Crippen LogP contribution in [0, 0.1) is 17.7 Å². The number of nitrogens with zero attached hydrogens (tertiary/aromatic N) is 4. The van der Waals surface area contributed by atoms with Crippen molar-refractivity contribution < 1.29 is 18.7 Å². The highest BCUT2D eigenvalue weighted by atomic mass is 19.1. The second kappa shape index (κ2) is 8.37. The van der Waals surface area contributed by atoms with Crippen molar-refractivity contribution in [3.8, 4) is 5.75 Å². The largest absolute Gasteiger partial charge is 0.493 e. The minimum atomic E-state index is -0.706. The van der Waals surface area contributed by atoms with Crippen LogP contribution in [-0.2, 0) is 11.3 Å². The third kappa shape index (κ3) is 5.00. The van der Waals surface area contributed by atoms with Gasteiger partial charge in [-0.2, -0.15) is 4.80 Å². The Hall–Kier alpha value is -2.51. The summed E-state index contributed by atoms with van der Waals surface area (Å²) in [5.41, 5.74) is -0.105. The monoisotopic (exact) mass is 336 g/mol. The molecule has 0 aliphatic heterocycles. The van der Waals surface area contributed by atoms with Crippen LogP contribution in [-0.4, -0.2) is 39.9 Å². The first kappa shape index (κ1) is 17.8. The molecule has 1 aromatic carbocycles. The number of aromatic nitrogens is 4. The molecule has 0 spiro atoms. The summed E-state index contributed by atoms with van der Waals surface area (Å²) < 4.78 is 23.9. The van der Waals surface area contributed by atoms with E-state index >= 15 is 0 Å². The van der Waals surface area contributed by atoms with E-state index in [4.69, 9.17) is 4.74 Å². The fraction of sp³-hybridized carbons (Fsp3) is 0.500. The minimum absolute atomic E-state index is 0.105. The van der Waals surface area contributed by atoms with E-state index in [0.29, 0.717) is 24.8 Å². The van der Waals surface area contributed by atoms with Gasteiger partial charge in [-0.1, -0.05) is 13.8 Å². The lowest BCUT2D eigenvalue weighted by Crippen LogP contribution is -2.17. The van der Waals surface area contributed by atoms with Crippen molar-refractivity contribution >= 4 is 5.97 Å². The number of ether oxygens (including phenoxy) is 2. The molecule has 130 valence electrons. The highest BCUT2D eigenvalue weighted by molar-refractivity contribution is 5.89. The summed E-state index contributed by atoms with van der Waals surface area (Å²) in [6, 6.07) is 4.12. The van der Waals surface area contributed by atoms with Crippen molar-refractivity contribution in [1.82, 2.24) is 20.2 Å². The maximum Gasteiger partial charge on any atom is 0.340 e. The molecule has 2 unspecified atom stereocenters. The lowest BCUT2D eigenvalue weighted by atomic mass is 9.98. The third-order valence-electron chi connectivity index (χ3n) is 3.55. The summed E-state index contributed by atoms with van der Waals surface area (Å²) in [6.07, 6.45) is 2.32. The molecule has 0 amide bonds. The van der Waals surface area contributed by atoms with Gasteiger partial charge in [-0.25, -0.2) is 9.18 Å². The van der Waals surface area contributed by atoms with Crippen molar-refractivity contribution in [3.63, 3.8) is 0 Å². The number of hydrogen-bond acceptors (Lipinski definition) is 6. The zero-order chi connectivity index (χ0) is 17.5. The first-order valence-corrected chi connectivity index (χ1v) is 7.71. The fourth-order valence-corrected chi connectivity index (χ4v) is 2.48. The molecule has 0 saturated carbocycles. The number of hydrogen-bond donors (Lipinski definition) is 0. The Labute approximate surface area is 139 Å². The van der Waals surface area contributed by atoms with Crippen LogP contribution in [0.4, 0.5) is 4.39 Å². The smallest absolute Gasteiger partial charge is 0.340 e. The van der Waals surface area contributed by atoms with Gasteiger partial charge < -0.3 is 9.47 Å². The second-order valence-electron chi connectivity index (χ2n) is 5.88. The summed E-state index contributed by atoms with van der Waals surface area (Å²) in [6.45, 7) is 5.30. The van der Waals surface area contributed by atoms with Crippen LogP contribution in [0.1, 0.15) is 30.6 Å². The van der Waals surface area contributed by atoms with Crippen LogP contribution < -0.4 is 4.74 Å². The van der Waals surface area contributed by atoms with Crippen LogP contribution in [0.5, 0.6) is 5.75 Å². The molecule has 0 aliphatic rings. The molecular weight excluding hydrogens is 315 g/mol. The first-order chi connectivity index (χ1) is 11.5. The molecule has 0 fully saturated rings. The molecule has 0 aliphatic carbocycles. The van der Waals surface area contributed by atoms with E-state index in [0.717, 1.165) is 6.42 Å². The Bertz CT molecular complexity index is 663. The van der Waals surface area contributed by atoms with Gasteiger partial charge in [0.15, 0.2) is 6.33 Å². The van der Waals surface area contributed by atoms with Gasteiger partial charge in [0, 0.05) is 6.07 Å². The Morgan fingerprint density at radius 3 is 2.75 bits per heavy atom. The van der Waals surface area contributed by atoms with Crippen molar-refractivity contribution in [2.75, 3.05) is 13.7 Å². The SMILES string of the molecule is COC(=O)c1ccc(OCC(C)CC(C)Cn2ncnn2)cc1F. The molecule has 8 heteroatoms. The molecule has 2 rings (SSSR count). The molecular formula is C16H21FN4O3. The Balaban J connectivity index is 1.81. The van der Waals surface area contributed by atoms with Crippen LogP contribution in [0.3, 0.4) is 0 Å². The van der Waals surface area contributed by atoms with E-state index in [1.54, 1.807) is 10.9 Å². The van der Waals surface area contributed by atoms with Gasteiger partial charge in [0.1, 0.15) is 11.6 Å². The number of halogens is 1. The summed E-state index contributed by atoms with van der Waals surface area (Å²) >= 11 is 0. The zero-order valence-electron chi connectivity index (χ0n) is 14.0. The van der Waals surface area contributed by atoms with Crippen LogP contribution in [0.25, 0.3) is 0 Å². The van der Waals surface area contributed by atoms with Gasteiger partial charge in [-0.3, -0.25) is 0 Å². The van der Waals surface area contributed by atoms with Crippen molar-refractivity contribution in [2.45, 2.75) is 26.8 Å². The maximum absolute atomic E-state index is 13.8. The van der Waals surface area contributed by atoms with Crippen LogP contribution in [0.15, 0.2) is 24.5 Å². The standard InChI is InChI=1S/C16H21FN4O3/c1-11(8-21-19-10-18-20-21)6-12(2)9-24-13-4-5-14(15(17)7-13)16(22)23-3/h4-5,7,10-12H,6,8-9H2,1-3H3. The first-order valence-electron chi connectivity index (χ1n) is 7.71. The molecule has 2 aromatic rings. The van der Waals surface area contributed by atoms with E-state index in [1.165, 1.54) is 25.6 Å². The lowest BCUT2D eigenvalue weighted by molar-refractivity contribution is 0.0595. The number of rotatable bonds is 8. The molecule has 24 heavy (non-hydrogen) atoms. The summed E-state index contributed by atoms with van der Waals surface area (Å²) in [5.74, 6) is -0.346. The number of tetrazole rings is 1. The van der Waals surface area contributed by atoms with Gasteiger partial charge in [0.05, 0.1) is 25.8 Å². The predicted molar refractivity (Wildman–Crippen MR) is 84.0 cm³/mol. The quantitative estimate of drug-likeness (QED) is 0.689. The second-order valence-corrected chi connectivity index (χ2v) is 5.88. The van der Waals surface area contributed by atoms with Gasteiger partial charge >= 0.3 is 5.97 Å². The Kier molecular flexibility index (Phi) is 6.22. The van der Waals surface area contributed by atoms with E-state index in [9.17, 15) is 9.18 Å². The summed E-state index contributed by atoms with van der Waals surface area (Å²) in [7, 11) is 1.21. The Morgan fingerprint density at radius 1 is 1.33 bits per heavy atom. The molecule has 2 atom stereocenters. The molecule has 0 bridgehead atoms. The highest BCUT2D eigenvalue weighted by Crippen LogP contribution is 2.20. The van der Waals surface area contributed by atoms with Gasteiger partial charge in [0.2, 0.25) is 0 Å². The van der Waals surface area contributed by atoms with Crippen molar-refractivity contribution in [3.05, 3.63) is 35.9 Å². The van der Waals surface area contributed by atoms with Crippen molar-refractivity contribution in [2.24, 2.45) is 11.8 Å². The number of carbonyl (C=O) groups excluding carboxylic acids is 1. The highest BCUT2D eigenvalue weighted by Gasteiger charge is 2.14. The van der Waals surface area contributed by atoms with E-state index in [1.807, 2.05) is 0 Å². The normalized spacial score (nSPS) is 13.3. The average Bonchev–Trinajstić information content (AvgIpc) is 3.05. The van der Waals surface area contributed by atoms with E-state index in [2.05, 4.69) is 34.0 Å².